The Bertz CT molecular complexity index is 1290. The highest BCUT2D eigenvalue weighted by Crippen LogP contribution is 2.37. The molecule has 1 aliphatic heterocycles. The maximum Gasteiger partial charge on any atom is 0.282 e. The molecule has 6 nitrogen and oxygen atoms in total. The number of ether oxygens (including phenoxy) is 2. The van der Waals surface area contributed by atoms with Crippen LogP contribution < -0.4 is 19.7 Å². The molecule has 3 aromatic carbocycles. The SMILES string of the molecule is COc1ccc(OC)c(NC2=C(c3ccc(C)cc3)C(=O)N(c3ccc(F)cc3F)C2=O)c1. The number of hydrogen-bond donors (Lipinski definition) is 1. The van der Waals surface area contributed by atoms with Crippen LogP contribution in [0.4, 0.5) is 20.2 Å². The predicted molar refractivity (Wildman–Crippen MR) is 120 cm³/mol. The van der Waals surface area contributed by atoms with Crippen molar-refractivity contribution in [3.05, 3.63) is 89.1 Å². The minimum absolute atomic E-state index is 0.0496. The predicted octanol–water partition coefficient (Wildman–Crippen LogP) is 4.69. The number of nitrogens with one attached hydrogen (secondary N) is 1. The Morgan fingerprint density at radius 3 is 2.21 bits per heavy atom. The lowest BCUT2D eigenvalue weighted by Gasteiger charge is -2.17. The lowest BCUT2D eigenvalue weighted by molar-refractivity contribution is -0.120. The van der Waals surface area contributed by atoms with Crippen molar-refractivity contribution in [2.45, 2.75) is 6.92 Å². The quantitative estimate of drug-likeness (QED) is 0.552. The number of imide groups is 1. The van der Waals surface area contributed by atoms with Crippen molar-refractivity contribution in [3.8, 4) is 11.5 Å². The summed E-state index contributed by atoms with van der Waals surface area (Å²) in [7, 11) is 2.95. The molecule has 168 valence electrons. The second kappa shape index (κ2) is 8.74. The van der Waals surface area contributed by atoms with Crippen molar-refractivity contribution in [2.75, 3.05) is 24.4 Å². The molecule has 2 amide bonds. The van der Waals surface area contributed by atoms with Crippen molar-refractivity contribution in [3.63, 3.8) is 0 Å². The van der Waals surface area contributed by atoms with Gasteiger partial charge in [0.25, 0.3) is 11.8 Å². The molecule has 0 saturated heterocycles. The van der Waals surface area contributed by atoms with Crippen molar-refractivity contribution in [1.82, 2.24) is 0 Å². The molecule has 0 saturated carbocycles. The van der Waals surface area contributed by atoms with Crippen LogP contribution >= 0.6 is 0 Å². The average molecular weight is 450 g/mol. The Hall–Kier alpha value is -4.20. The second-order valence-corrected chi connectivity index (χ2v) is 7.35. The molecule has 0 atom stereocenters. The molecule has 0 aliphatic carbocycles. The van der Waals surface area contributed by atoms with E-state index in [0.29, 0.717) is 33.7 Å². The van der Waals surface area contributed by atoms with Gasteiger partial charge < -0.3 is 14.8 Å². The Labute approximate surface area is 189 Å². The molecule has 0 bridgehead atoms. The Morgan fingerprint density at radius 1 is 0.848 bits per heavy atom. The third-order valence-electron chi connectivity index (χ3n) is 5.24. The normalized spacial score (nSPS) is 13.5. The summed E-state index contributed by atoms with van der Waals surface area (Å²) >= 11 is 0. The number of rotatable bonds is 6. The van der Waals surface area contributed by atoms with Crippen LogP contribution in [0.2, 0.25) is 0 Å². The van der Waals surface area contributed by atoms with Gasteiger partial charge in [-0.15, -0.1) is 0 Å². The molecule has 0 fully saturated rings. The topological polar surface area (TPSA) is 67.9 Å². The van der Waals surface area contributed by atoms with Crippen LogP contribution in [0.3, 0.4) is 0 Å². The Morgan fingerprint density at radius 2 is 1.58 bits per heavy atom. The van der Waals surface area contributed by atoms with Gasteiger partial charge >= 0.3 is 0 Å². The summed E-state index contributed by atoms with van der Waals surface area (Å²) in [6.07, 6.45) is 0. The number of aryl methyl sites for hydroxylation is 1. The zero-order chi connectivity index (χ0) is 23.7. The fraction of sp³-hybridized carbons (Fsp3) is 0.120. The molecule has 4 rings (SSSR count). The lowest BCUT2D eigenvalue weighted by Crippen LogP contribution is -2.33. The zero-order valence-electron chi connectivity index (χ0n) is 18.1. The van der Waals surface area contributed by atoms with Crippen molar-refractivity contribution in [2.24, 2.45) is 0 Å². The fourth-order valence-corrected chi connectivity index (χ4v) is 3.56. The number of amides is 2. The average Bonchev–Trinajstić information content (AvgIpc) is 3.04. The van der Waals surface area contributed by atoms with Crippen molar-refractivity contribution < 1.29 is 27.8 Å². The molecule has 1 heterocycles. The van der Waals surface area contributed by atoms with Gasteiger partial charge in [-0.2, -0.15) is 0 Å². The molecule has 0 aromatic heterocycles. The van der Waals surface area contributed by atoms with Crippen LogP contribution in [0, 0.1) is 18.6 Å². The van der Waals surface area contributed by atoms with E-state index in [1.54, 1.807) is 42.5 Å². The molecule has 33 heavy (non-hydrogen) atoms. The molecular formula is C25H20F2N2O4. The van der Waals surface area contributed by atoms with Gasteiger partial charge in [0, 0.05) is 12.1 Å². The maximum absolute atomic E-state index is 14.5. The van der Waals surface area contributed by atoms with E-state index in [0.717, 1.165) is 17.7 Å². The van der Waals surface area contributed by atoms with Gasteiger partial charge in [-0.25, -0.2) is 13.7 Å². The molecule has 1 aliphatic rings. The highest BCUT2D eigenvalue weighted by molar-refractivity contribution is 6.46. The number of benzene rings is 3. The van der Waals surface area contributed by atoms with E-state index in [2.05, 4.69) is 5.32 Å². The van der Waals surface area contributed by atoms with Gasteiger partial charge in [0.05, 0.1) is 31.2 Å². The van der Waals surface area contributed by atoms with Crippen LogP contribution in [-0.4, -0.2) is 26.0 Å². The molecule has 0 radical (unpaired) electrons. The van der Waals surface area contributed by atoms with Crippen molar-refractivity contribution >= 4 is 28.8 Å². The maximum atomic E-state index is 14.5. The molecule has 0 unspecified atom stereocenters. The van der Waals surface area contributed by atoms with E-state index in [4.69, 9.17) is 9.47 Å². The summed E-state index contributed by atoms with van der Waals surface area (Å²) in [5, 5.41) is 2.98. The minimum Gasteiger partial charge on any atom is -0.497 e. The Balaban J connectivity index is 1.87. The standard InChI is InChI=1S/C25H20F2N2O4/c1-14-4-6-15(7-5-14)22-23(28-19-13-17(32-2)9-11-21(19)33-3)25(31)29(24(22)30)20-10-8-16(26)12-18(20)27/h4-13,28H,1-3H3. The number of nitrogens with zero attached hydrogens (tertiary/aromatic N) is 1. The van der Waals surface area contributed by atoms with Gasteiger partial charge in [0.1, 0.15) is 28.8 Å². The molecule has 8 heteroatoms. The van der Waals surface area contributed by atoms with E-state index < -0.39 is 23.4 Å². The zero-order valence-corrected chi connectivity index (χ0v) is 18.1. The van der Waals surface area contributed by atoms with Crippen LogP contribution in [0.1, 0.15) is 11.1 Å². The summed E-state index contributed by atoms with van der Waals surface area (Å²) in [5.74, 6) is -2.47. The smallest absolute Gasteiger partial charge is 0.282 e. The first-order valence-electron chi connectivity index (χ1n) is 9.98. The van der Waals surface area contributed by atoms with Gasteiger partial charge in [0.2, 0.25) is 0 Å². The van der Waals surface area contributed by atoms with Gasteiger partial charge in [-0.05, 0) is 36.8 Å². The van der Waals surface area contributed by atoms with E-state index >= 15 is 0 Å². The number of methoxy groups -OCH3 is 2. The summed E-state index contributed by atoms with van der Waals surface area (Å²) in [6.45, 7) is 1.89. The Kier molecular flexibility index (Phi) is 5.83. The van der Waals surface area contributed by atoms with Crippen LogP contribution in [-0.2, 0) is 9.59 Å². The number of carbonyl (C=O) groups is 2. The minimum atomic E-state index is -1.03. The summed E-state index contributed by atoms with van der Waals surface area (Å²) < 4.78 is 38.6. The summed E-state index contributed by atoms with van der Waals surface area (Å²) in [4.78, 5) is 27.5. The van der Waals surface area contributed by atoms with Gasteiger partial charge in [0.15, 0.2) is 0 Å². The van der Waals surface area contributed by atoms with Crippen LogP contribution in [0.5, 0.6) is 11.5 Å². The van der Waals surface area contributed by atoms with Gasteiger partial charge in [-0.3, -0.25) is 9.59 Å². The lowest BCUT2D eigenvalue weighted by atomic mass is 10.0. The number of anilines is 2. The first-order chi connectivity index (χ1) is 15.8. The molecule has 0 spiro atoms. The largest absolute Gasteiger partial charge is 0.497 e. The first-order valence-corrected chi connectivity index (χ1v) is 9.98. The molecular weight excluding hydrogens is 430 g/mol. The highest BCUT2D eigenvalue weighted by atomic mass is 19.1. The van der Waals surface area contributed by atoms with Crippen molar-refractivity contribution in [1.29, 1.82) is 0 Å². The van der Waals surface area contributed by atoms with E-state index in [1.807, 2.05) is 6.92 Å². The third-order valence-corrected chi connectivity index (χ3v) is 5.24. The third kappa shape index (κ3) is 4.03. The summed E-state index contributed by atoms with van der Waals surface area (Å²) in [5.41, 5.74) is 1.44. The van der Waals surface area contributed by atoms with Crippen LogP contribution in [0.25, 0.3) is 5.57 Å². The fourth-order valence-electron chi connectivity index (χ4n) is 3.56. The van der Waals surface area contributed by atoms with E-state index in [-0.39, 0.29) is 17.0 Å². The monoisotopic (exact) mass is 450 g/mol. The summed E-state index contributed by atoms with van der Waals surface area (Å²) in [6, 6.07) is 14.6. The van der Waals surface area contributed by atoms with Gasteiger partial charge in [-0.1, -0.05) is 29.8 Å². The number of carbonyl (C=O) groups excluding carboxylic acids is 2. The second-order valence-electron chi connectivity index (χ2n) is 7.35. The number of hydrogen-bond acceptors (Lipinski definition) is 5. The first kappa shape index (κ1) is 22.0. The highest BCUT2D eigenvalue weighted by Gasteiger charge is 2.41. The molecule has 1 N–H and O–H groups in total. The van der Waals surface area contributed by atoms with E-state index in [1.165, 1.54) is 14.2 Å². The number of halogens is 2. The van der Waals surface area contributed by atoms with Crippen LogP contribution in [0.15, 0.2) is 66.4 Å². The molecule has 3 aromatic rings. The van der Waals surface area contributed by atoms with E-state index in [9.17, 15) is 18.4 Å².